The van der Waals surface area contributed by atoms with E-state index in [9.17, 15) is 0 Å². The van der Waals surface area contributed by atoms with Gasteiger partial charge in [-0.15, -0.1) is 0 Å². The number of aryl methyl sites for hydroxylation is 1. The second-order valence-electron chi connectivity index (χ2n) is 6.08. The van der Waals surface area contributed by atoms with Gasteiger partial charge < -0.3 is 10.1 Å². The Morgan fingerprint density at radius 2 is 2.29 bits per heavy atom. The highest BCUT2D eigenvalue weighted by Gasteiger charge is 2.17. The van der Waals surface area contributed by atoms with Crippen LogP contribution in [0.1, 0.15) is 62.6 Å². The summed E-state index contributed by atoms with van der Waals surface area (Å²) in [6, 6.07) is 7.20. The van der Waals surface area contributed by atoms with E-state index in [0.717, 1.165) is 13.2 Å². The van der Waals surface area contributed by atoms with Gasteiger partial charge in [0.15, 0.2) is 0 Å². The van der Waals surface area contributed by atoms with Gasteiger partial charge in [-0.2, -0.15) is 0 Å². The monoisotopic (exact) mass is 353 g/mol. The van der Waals surface area contributed by atoms with Gasteiger partial charge in [-0.1, -0.05) is 35.0 Å². The van der Waals surface area contributed by atoms with Crippen molar-refractivity contribution in [1.82, 2.24) is 5.32 Å². The molecule has 1 aliphatic rings. The molecule has 118 valence electrons. The van der Waals surface area contributed by atoms with Crippen molar-refractivity contribution >= 4 is 15.9 Å². The molecule has 0 amide bonds. The predicted octanol–water partition coefficient (Wildman–Crippen LogP) is 5.15. The molecule has 1 saturated heterocycles. The van der Waals surface area contributed by atoms with Crippen molar-refractivity contribution in [2.75, 3.05) is 13.2 Å². The average Bonchev–Trinajstić information content (AvgIpc) is 2.99. The quantitative estimate of drug-likeness (QED) is 0.697. The van der Waals surface area contributed by atoms with Crippen molar-refractivity contribution in [3.63, 3.8) is 0 Å². The van der Waals surface area contributed by atoms with Crippen LogP contribution in [0.3, 0.4) is 0 Å². The number of ether oxygens (including phenoxy) is 1. The maximum atomic E-state index is 5.73. The Bertz CT molecular complexity index is 429. The number of nitrogens with one attached hydrogen (secondary N) is 1. The van der Waals surface area contributed by atoms with Crippen LogP contribution >= 0.6 is 15.9 Å². The first-order valence-electron chi connectivity index (χ1n) is 8.31. The summed E-state index contributed by atoms with van der Waals surface area (Å²) in [6.45, 7) is 6.44. The third-order valence-electron chi connectivity index (χ3n) is 4.27. The molecule has 0 bridgehead atoms. The molecule has 3 heteroatoms. The molecule has 1 aliphatic heterocycles. The number of hydrogen-bond acceptors (Lipinski definition) is 2. The Kier molecular flexibility index (Phi) is 7.21. The molecular weight excluding hydrogens is 326 g/mol. The van der Waals surface area contributed by atoms with E-state index in [4.69, 9.17) is 4.74 Å². The fraction of sp³-hybridized carbons (Fsp3) is 0.667. The summed E-state index contributed by atoms with van der Waals surface area (Å²) in [5, 5.41) is 3.70. The van der Waals surface area contributed by atoms with Crippen LogP contribution in [-0.2, 0) is 4.74 Å². The molecule has 0 aromatic heterocycles. The smallest absolute Gasteiger partial charge is 0.0576 e. The molecule has 2 rings (SSSR count). The molecule has 1 fully saturated rings. The zero-order valence-corrected chi connectivity index (χ0v) is 14.9. The lowest BCUT2D eigenvalue weighted by atomic mass is 9.98. The van der Waals surface area contributed by atoms with Crippen LogP contribution < -0.4 is 5.32 Å². The Morgan fingerprint density at radius 1 is 1.43 bits per heavy atom. The SMILES string of the molecule is CCCNC(CCCC1CCCO1)c1ccc(Br)c(C)c1. The van der Waals surface area contributed by atoms with Crippen LogP contribution in [-0.4, -0.2) is 19.3 Å². The Morgan fingerprint density at radius 3 is 2.95 bits per heavy atom. The van der Waals surface area contributed by atoms with Gasteiger partial charge in [0.25, 0.3) is 0 Å². The van der Waals surface area contributed by atoms with E-state index >= 15 is 0 Å². The van der Waals surface area contributed by atoms with Crippen molar-refractivity contribution in [3.8, 4) is 0 Å². The third-order valence-corrected chi connectivity index (χ3v) is 5.16. The summed E-state index contributed by atoms with van der Waals surface area (Å²) in [4.78, 5) is 0. The van der Waals surface area contributed by atoms with Crippen LogP contribution in [0, 0.1) is 6.92 Å². The Labute approximate surface area is 137 Å². The van der Waals surface area contributed by atoms with Gasteiger partial charge in [0.2, 0.25) is 0 Å². The second-order valence-corrected chi connectivity index (χ2v) is 6.94. The van der Waals surface area contributed by atoms with Gasteiger partial charge in [-0.05, 0) is 69.2 Å². The molecular formula is C18H28BrNO. The van der Waals surface area contributed by atoms with Crippen molar-refractivity contribution in [2.45, 2.75) is 64.5 Å². The van der Waals surface area contributed by atoms with E-state index in [2.05, 4.69) is 53.3 Å². The molecule has 1 N–H and O–H groups in total. The highest BCUT2D eigenvalue weighted by Crippen LogP contribution is 2.26. The van der Waals surface area contributed by atoms with Crippen molar-refractivity contribution in [1.29, 1.82) is 0 Å². The molecule has 1 aromatic rings. The standard InChI is InChI=1S/C18H28BrNO/c1-3-11-20-18(8-4-6-16-7-5-12-21-16)15-9-10-17(19)14(2)13-15/h9-10,13,16,18,20H,3-8,11-12H2,1-2H3. The molecule has 0 radical (unpaired) electrons. The summed E-state index contributed by atoms with van der Waals surface area (Å²) in [6.07, 6.45) is 7.83. The van der Waals surface area contributed by atoms with Gasteiger partial charge in [-0.25, -0.2) is 0 Å². The van der Waals surface area contributed by atoms with Crippen LogP contribution in [0.2, 0.25) is 0 Å². The lowest BCUT2D eigenvalue weighted by Crippen LogP contribution is -2.22. The topological polar surface area (TPSA) is 21.3 Å². The first kappa shape index (κ1) is 17.0. The van der Waals surface area contributed by atoms with Crippen molar-refractivity contribution in [2.24, 2.45) is 0 Å². The maximum absolute atomic E-state index is 5.73. The first-order valence-corrected chi connectivity index (χ1v) is 9.11. The molecule has 0 aliphatic carbocycles. The van der Waals surface area contributed by atoms with E-state index in [0.29, 0.717) is 12.1 Å². The Balaban J connectivity index is 1.90. The zero-order valence-electron chi connectivity index (χ0n) is 13.3. The van der Waals surface area contributed by atoms with Crippen LogP contribution in [0.5, 0.6) is 0 Å². The molecule has 2 nitrogen and oxygen atoms in total. The second kappa shape index (κ2) is 8.92. The fourth-order valence-electron chi connectivity index (χ4n) is 3.01. The molecule has 0 spiro atoms. The number of benzene rings is 1. The van der Waals surface area contributed by atoms with Gasteiger partial charge >= 0.3 is 0 Å². The first-order chi connectivity index (χ1) is 10.2. The van der Waals surface area contributed by atoms with Crippen LogP contribution in [0.25, 0.3) is 0 Å². The molecule has 0 saturated carbocycles. The normalized spacial score (nSPS) is 19.9. The summed E-state index contributed by atoms with van der Waals surface area (Å²) < 4.78 is 6.92. The van der Waals surface area contributed by atoms with Crippen LogP contribution in [0.4, 0.5) is 0 Å². The summed E-state index contributed by atoms with van der Waals surface area (Å²) >= 11 is 3.59. The molecule has 2 atom stereocenters. The van der Waals surface area contributed by atoms with E-state index < -0.39 is 0 Å². The largest absolute Gasteiger partial charge is 0.378 e. The van der Waals surface area contributed by atoms with E-state index in [-0.39, 0.29) is 0 Å². The minimum atomic E-state index is 0.471. The number of rotatable bonds is 8. The minimum absolute atomic E-state index is 0.471. The molecule has 21 heavy (non-hydrogen) atoms. The predicted molar refractivity (Wildman–Crippen MR) is 92.7 cm³/mol. The Hall–Kier alpha value is -0.380. The zero-order chi connectivity index (χ0) is 15.1. The highest BCUT2D eigenvalue weighted by molar-refractivity contribution is 9.10. The van der Waals surface area contributed by atoms with Gasteiger partial charge in [-0.3, -0.25) is 0 Å². The van der Waals surface area contributed by atoms with E-state index in [1.165, 1.54) is 54.1 Å². The van der Waals surface area contributed by atoms with E-state index in [1.807, 2.05) is 0 Å². The van der Waals surface area contributed by atoms with Crippen molar-refractivity contribution < 1.29 is 4.74 Å². The average molecular weight is 354 g/mol. The number of hydrogen-bond donors (Lipinski definition) is 1. The summed E-state index contributed by atoms with van der Waals surface area (Å²) in [5.74, 6) is 0. The lowest BCUT2D eigenvalue weighted by Gasteiger charge is -2.20. The maximum Gasteiger partial charge on any atom is 0.0576 e. The minimum Gasteiger partial charge on any atom is -0.378 e. The fourth-order valence-corrected chi connectivity index (χ4v) is 3.26. The molecule has 1 heterocycles. The summed E-state index contributed by atoms with van der Waals surface area (Å²) in [5.41, 5.74) is 2.73. The summed E-state index contributed by atoms with van der Waals surface area (Å²) in [7, 11) is 0. The lowest BCUT2D eigenvalue weighted by molar-refractivity contribution is 0.101. The van der Waals surface area contributed by atoms with E-state index in [1.54, 1.807) is 0 Å². The number of halogens is 1. The van der Waals surface area contributed by atoms with Crippen LogP contribution in [0.15, 0.2) is 22.7 Å². The van der Waals surface area contributed by atoms with Gasteiger partial charge in [0.05, 0.1) is 6.10 Å². The van der Waals surface area contributed by atoms with Gasteiger partial charge in [0, 0.05) is 17.1 Å². The highest BCUT2D eigenvalue weighted by atomic mass is 79.9. The third kappa shape index (κ3) is 5.39. The van der Waals surface area contributed by atoms with Crippen molar-refractivity contribution in [3.05, 3.63) is 33.8 Å². The van der Waals surface area contributed by atoms with Gasteiger partial charge in [0.1, 0.15) is 0 Å². The molecule has 1 aromatic carbocycles. The molecule has 2 unspecified atom stereocenters.